The Kier molecular flexibility index (Phi) is 61.1. The van der Waals surface area contributed by atoms with Crippen molar-refractivity contribution in [3.05, 3.63) is 0 Å². The number of phosphoric acid groups is 2. The number of esters is 4. The number of carbonyl (C=O) groups is 4. The standard InChI is InChI=1S/C69H134O17P2/c1-6-9-12-15-17-19-21-23-25-27-29-31-35-39-44-49-54-68(73)86-65(59-80-67(72)53-48-43-38-34-30-28-26-24-22-20-18-16-13-10-7-2)61-84-88(77,78)82-57-63(70)56-81-87(75,76)83-60-64(58-79-66(71)52-47-41-14-11-8-3)85-69(74)55-50-45-40-36-32-33-37-42-46-51-62(4)5/h62-65,70H,6-61H2,1-5H3,(H,75,76)(H,77,78)/t63-,64+,65+/m0/s1. The van der Waals surface area contributed by atoms with Crippen LogP contribution in [0.25, 0.3) is 0 Å². The van der Waals surface area contributed by atoms with Crippen LogP contribution in [0.4, 0.5) is 0 Å². The van der Waals surface area contributed by atoms with E-state index in [0.717, 1.165) is 102 Å². The molecule has 522 valence electrons. The van der Waals surface area contributed by atoms with Crippen LogP contribution in [0.1, 0.15) is 356 Å². The lowest BCUT2D eigenvalue weighted by atomic mass is 10.0. The van der Waals surface area contributed by atoms with Gasteiger partial charge in [-0.25, -0.2) is 9.13 Å². The van der Waals surface area contributed by atoms with E-state index in [9.17, 15) is 43.2 Å². The summed E-state index contributed by atoms with van der Waals surface area (Å²) in [5.41, 5.74) is 0. The predicted molar refractivity (Wildman–Crippen MR) is 354 cm³/mol. The van der Waals surface area contributed by atoms with Crippen molar-refractivity contribution in [1.29, 1.82) is 0 Å². The van der Waals surface area contributed by atoms with E-state index in [1.807, 2.05) is 0 Å². The fourth-order valence-corrected chi connectivity index (χ4v) is 12.0. The van der Waals surface area contributed by atoms with Crippen molar-refractivity contribution in [2.45, 2.75) is 374 Å². The van der Waals surface area contributed by atoms with Gasteiger partial charge in [-0.05, 0) is 31.6 Å². The van der Waals surface area contributed by atoms with Crippen molar-refractivity contribution in [2.24, 2.45) is 5.92 Å². The summed E-state index contributed by atoms with van der Waals surface area (Å²) >= 11 is 0. The Labute approximate surface area is 537 Å². The topological polar surface area (TPSA) is 237 Å². The molecule has 0 saturated carbocycles. The van der Waals surface area contributed by atoms with Gasteiger partial charge < -0.3 is 33.8 Å². The summed E-state index contributed by atoms with van der Waals surface area (Å²) in [5, 5.41) is 10.6. The molecular weight excluding hydrogens is 1160 g/mol. The zero-order chi connectivity index (χ0) is 64.9. The Morgan fingerprint density at radius 3 is 0.773 bits per heavy atom. The lowest BCUT2D eigenvalue weighted by Gasteiger charge is -2.21. The van der Waals surface area contributed by atoms with Crippen molar-refractivity contribution < 1.29 is 80.2 Å². The van der Waals surface area contributed by atoms with E-state index in [-0.39, 0.29) is 25.7 Å². The highest BCUT2D eigenvalue weighted by Crippen LogP contribution is 2.45. The van der Waals surface area contributed by atoms with Crippen LogP contribution >= 0.6 is 15.6 Å². The van der Waals surface area contributed by atoms with E-state index < -0.39 is 97.5 Å². The van der Waals surface area contributed by atoms with Gasteiger partial charge in [0.05, 0.1) is 26.4 Å². The van der Waals surface area contributed by atoms with Crippen molar-refractivity contribution in [3.8, 4) is 0 Å². The molecule has 0 aliphatic heterocycles. The van der Waals surface area contributed by atoms with Gasteiger partial charge in [0.25, 0.3) is 0 Å². The number of unbranched alkanes of at least 4 members (excludes halogenated alkanes) is 41. The molecule has 0 fully saturated rings. The molecule has 0 aromatic rings. The van der Waals surface area contributed by atoms with Crippen LogP contribution in [0.15, 0.2) is 0 Å². The first-order valence-electron chi connectivity index (χ1n) is 36.1. The molecule has 0 aliphatic carbocycles. The van der Waals surface area contributed by atoms with Crippen LogP contribution in [0, 0.1) is 5.92 Å². The molecule has 0 aromatic carbocycles. The van der Waals surface area contributed by atoms with Gasteiger partial charge in [-0.3, -0.25) is 37.3 Å². The smallest absolute Gasteiger partial charge is 0.462 e. The van der Waals surface area contributed by atoms with Crippen LogP contribution in [0.3, 0.4) is 0 Å². The number of carbonyl (C=O) groups excluding carboxylic acids is 4. The minimum atomic E-state index is -4.95. The van der Waals surface area contributed by atoms with Gasteiger partial charge >= 0.3 is 39.5 Å². The molecule has 0 heterocycles. The molecule has 0 rings (SSSR count). The van der Waals surface area contributed by atoms with Crippen molar-refractivity contribution in [3.63, 3.8) is 0 Å². The molecule has 88 heavy (non-hydrogen) atoms. The van der Waals surface area contributed by atoms with E-state index in [2.05, 4.69) is 34.6 Å². The van der Waals surface area contributed by atoms with E-state index in [1.165, 1.54) is 173 Å². The van der Waals surface area contributed by atoms with Gasteiger partial charge in [0, 0.05) is 25.7 Å². The Hall–Kier alpha value is -1.94. The Morgan fingerprint density at radius 2 is 0.523 bits per heavy atom. The summed E-state index contributed by atoms with van der Waals surface area (Å²) in [7, 11) is -9.89. The predicted octanol–water partition coefficient (Wildman–Crippen LogP) is 19.7. The number of ether oxygens (including phenoxy) is 4. The van der Waals surface area contributed by atoms with Gasteiger partial charge in [-0.1, -0.05) is 304 Å². The normalized spacial score (nSPS) is 14.1. The summed E-state index contributed by atoms with van der Waals surface area (Å²) in [6, 6.07) is 0. The highest BCUT2D eigenvalue weighted by Gasteiger charge is 2.30. The fraction of sp³-hybridized carbons (Fsp3) is 0.942. The summed E-state index contributed by atoms with van der Waals surface area (Å²) in [4.78, 5) is 72.2. The van der Waals surface area contributed by atoms with Crippen LogP contribution in [-0.2, 0) is 65.4 Å². The molecule has 19 heteroatoms. The van der Waals surface area contributed by atoms with Crippen LogP contribution < -0.4 is 0 Å². The molecular formula is C69H134O17P2. The second-order valence-corrected chi connectivity index (χ2v) is 28.3. The molecule has 0 aliphatic rings. The first kappa shape index (κ1) is 86.1. The number of hydrogen-bond donors (Lipinski definition) is 3. The van der Waals surface area contributed by atoms with Crippen LogP contribution in [-0.4, -0.2) is 96.7 Å². The summed E-state index contributed by atoms with van der Waals surface area (Å²) < 4.78 is 68.0. The summed E-state index contributed by atoms with van der Waals surface area (Å²) in [6.07, 6.45) is 48.9. The maximum atomic E-state index is 13.0. The molecule has 2 unspecified atom stereocenters. The molecule has 5 atom stereocenters. The average Bonchev–Trinajstić information content (AvgIpc) is 3.50. The van der Waals surface area contributed by atoms with E-state index in [4.69, 9.17) is 37.0 Å². The maximum absolute atomic E-state index is 13.0. The van der Waals surface area contributed by atoms with Crippen molar-refractivity contribution in [2.75, 3.05) is 39.6 Å². The average molecular weight is 1300 g/mol. The zero-order valence-electron chi connectivity index (χ0n) is 56.9. The lowest BCUT2D eigenvalue weighted by Crippen LogP contribution is -2.30. The van der Waals surface area contributed by atoms with E-state index in [0.29, 0.717) is 25.7 Å². The third-order valence-corrected chi connectivity index (χ3v) is 17.9. The first-order chi connectivity index (χ1) is 42.5. The number of aliphatic hydroxyl groups is 1. The molecule has 0 spiro atoms. The Balaban J connectivity index is 5.16. The largest absolute Gasteiger partial charge is 0.472 e. The van der Waals surface area contributed by atoms with Gasteiger partial charge in [0.2, 0.25) is 0 Å². The maximum Gasteiger partial charge on any atom is 0.472 e. The van der Waals surface area contributed by atoms with Gasteiger partial charge in [0.1, 0.15) is 19.3 Å². The highest BCUT2D eigenvalue weighted by molar-refractivity contribution is 7.47. The van der Waals surface area contributed by atoms with Crippen molar-refractivity contribution >= 4 is 39.5 Å². The van der Waals surface area contributed by atoms with Gasteiger partial charge in [-0.2, -0.15) is 0 Å². The Morgan fingerprint density at radius 1 is 0.307 bits per heavy atom. The second kappa shape index (κ2) is 62.5. The zero-order valence-corrected chi connectivity index (χ0v) is 58.6. The molecule has 0 radical (unpaired) electrons. The molecule has 17 nitrogen and oxygen atoms in total. The lowest BCUT2D eigenvalue weighted by molar-refractivity contribution is -0.161. The first-order valence-corrected chi connectivity index (χ1v) is 39.1. The SMILES string of the molecule is CCCCCCCCCCCCCCCCCCC(=O)O[C@H](COC(=O)CCCCCCCCCCCCCCCCC)COP(=O)(O)OC[C@@H](O)COP(=O)(O)OC[C@@H](COC(=O)CCCCCCC)OC(=O)CCCCCCCCCCCC(C)C. The molecule has 0 bridgehead atoms. The highest BCUT2D eigenvalue weighted by atomic mass is 31.2. The minimum absolute atomic E-state index is 0.105. The minimum Gasteiger partial charge on any atom is -0.462 e. The van der Waals surface area contributed by atoms with Gasteiger partial charge in [0.15, 0.2) is 12.2 Å². The summed E-state index contributed by atoms with van der Waals surface area (Å²) in [5.74, 6) is -1.40. The summed E-state index contributed by atoms with van der Waals surface area (Å²) in [6.45, 7) is 7.13. The van der Waals surface area contributed by atoms with Gasteiger partial charge in [-0.15, -0.1) is 0 Å². The molecule has 0 saturated heterocycles. The number of hydrogen-bond acceptors (Lipinski definition) is 15. The second-order valence-electron chi connectivity index (χ2n) is 25.4. The third kappa shape index (κ3) is 62.8. The fourth-order valence-electron chi connectivity index (χ4n) is 10.5. The van der Waals surface area contributed by atoms with Crippen molar-refractivity contribution in [1.82, 2.24) is 0 Å². The number of phosphoric ester groups is 2. The van der Waals surface area contributed by atoms with Crippen LogP contribution in [0.2, 0.25) is 0 Å². The monoisotopic (exact) mass is 1300 g/mol. The third-order valence-electron chi connectivity index (χ3n) is 16.0. The number of aliphatic hydroxyl groups excluding tert-OH is 1. The van der Waals surface area contributed by atoms with E-state index >= 15 is 0 Å². The Bertz CT molecular complexity index is 1700. The quantitative estimate of drug-likeness (QED) is 0.0222. The van der Waals surface area contributed by atoms with E-state index in [1.54, 1.807) is 0 Å². The molecule has 3 N–H and O–H groups in total. The molecule has 0 amide bonds. The van der Waals surface area contributed by atoms with Crippen LogP contribution in [0.5, 0.6) is 0 Å². The molecule has 0 aromatic heterocycles. The number of rotatable bonds is 69.